The second-order valence-corrected chi connectivity index (χ2v) is 10.1. The Morgan fingerprint density at radius 3 is 2.43 bits per heavy atom. The molecule has 0 spiro atoms. The molecular formula is C23H34N2O3. The highest BCUT2D eigenvalue weighted by atomic mass is 16.3. The average molecular weight is 387 g/mol. The topological polar surface area (TPSA) is 78.4 Å². The van der Waals surface area contributed by atoms with Gasteiger partial charge in [0.05, 0.1) is 12.1 Å². The van der Waals surface area contributed by atoms with Gasteiger partial charge in [0.1, 0.15) is 0 Å². The number of fused-ring (bicyclic) bond motifs is 5. The van der Waals surface area contributed by atoms with Crippen molar-refractivity contribution in [1.82, 2.24) is 10.6 Å². The molecule has 0 aromatic rings. The van der Waals surface area contributed by atoms with Crippen molar-refractivity contribution < 1.29 is 14.7 Å². The highest BCUT2D eigenvalue weighted by molar-refractivity contribution is 5.74. The predicted molar refractivity (Wildman–Crippen MR) is 108 cm³/mol. The summed E-state index contributed by atoms with van der Waals surface area (Å²) in [5.41, 5.74) is 0.0464. The number of amides is 2. The molecule has 0 aliphatic heterocycles. The smallest absolute Gasteiger partial charge is 0.217 e. The molecule has 9 atom stereocenters. The molecule has 5 nitrogen and oxygen atoms in total. The summed E-state index contributed by atoms with van der Waals surface area (Å²) in [7, 11) is 0. The van der Waals surface area contributed by atoms with E-state index in [-0.39, 0.29) is 40.8 Å². The van der Waals surface area contributed by atoms with E-state index >= 15 is 0 Å². The van der Waals surface area contributed by atoms with Crippen molar-refractivity contribution in [2.45, 2.75) is 71.6 Å². The van der Waals surface area contributed by atoms with Gasteiger partial charge >= 0.3 is 0 Å². The molecule has 28 heavy (non-hydrogen) atoms. The van der Waals surface area contributed by atoms with Crippen molar-refractivity contribution in [2.75, 3.05) is 0 Å². The van der Waals surface area contributed by atoms with Gasteiger partial charge in [-0.15, -0.1) is 0 Å². The first kappa shape index (κ1) is 19.7. The molecule has 2 fully saturated rings. The fourth-order valence-electron chi connectivity index (χ4n) is 7.10. The molecule has 1 unspecified atom stereocenters. The number of aliphatic hydroxyl groups is 1. The summed E-state index contributed by atoms with van der Waals surface area (Å²) in [6.45, 7) is 7.84. The molecule has 0 heterocycles. The highest BCUT2D eigenvalue weighted by Gasteiger charge is 2.61. The van der Waals surface area contributed by atoms with Gasteiger partial charge in [-0.05, 0) is 60.2 Å². The maximum Gasteiger partial charge on any atom is 0.217 e. The lowest BCUT2D eigenvalue weighted by Gasteiger charge is -2.61. The Morgan fingerprint density at radius 1 is 1.04 bits per heavy atom. The molecule has 3 N–H and O–H groups in total. The van der Waals surface area contributed by atoms with Crippen molar-refractivity contribution in [2.24, 2.45) is 34.5 Å². The molecule has 4 aliphatic rings. The number of nitrogens with one attached hydrogen (secondary N) is 2. The molecule has 154 valence electrons. The SMILES string of the molecule is CC(=O)N[C@H]1CC2C[C@@H](O)C=C[C@]2(C)[C@H]2CC[C@]3(C)[C@@H](NC(C)=O)C=C[C@H]3[C@H]12. The molecular weight excluding hydrogens is 352 g/mol. The average Bonchev–Trinajstić information content (AvgIpc) is 2.92. The Morgan fingerprint density at radius 2 is 1.75 bits per heavy atom. The van der Waals surface area contributed by atoms with Crippen LogP contribution in [0.15, 0.2) is 24.3 Å². The summed E-state index contributed by atoms with van der Waals surface area (Å²) in [6.07, 6.45) is 12.2. The third kappa shape index (κ3) is 2.94. The van der Waals surface area contributed by atoms with E-state index in [1.807, 2.05) is 6.08 Å². The van der Waals surface area contributed by atoms with Crippen LogP contribution in [-0.4, -0.2) is 35.1 Å². The lowest BCUT2D eigenvalue weighted by Crippen LogP contribution is -2.62. The van der Waals surface area contributed by atoms with Crippen LogP contribution >= 0.6 is 0 Å². The van der Waals surface area contributed by atoms with Crippen LogP contribution in [0.3, 0.4) is 0 Å². The van der Waals surface area contributed by atoms with Gasteiger partial charge in [-0.3, -0.25) is 9.59 Å². The van der Waals surface area contributed by atoms with E-state index in [0.29, 0.717) is 23.7 Å². The maximum atomic E-state index is 12.0. The molecule has 2 saturated carbocycles. The summed E-state index contributed by atoms with van der Waals surface area (Å²) in [6, 6.07) is 0.174. The molecule has 2 amide bonds. The van der Waals surface area contributed by atoms with Crippen LogP contribution in [-0.2, 0) is 9.59 Å². The summed E-state index contributed by atoms with van der Waals surface area (Å²) in [5.74, 6) is 1.55. The van der Waals surface area contributed by atoms with Crippen molar-refractivity contribution in [3.63, 3.8) is 0 Å². The van der Waals surface area contributed by atoms with Crippen LogP contribution in [0.1, 0.15) is 53.4 Å². The Bertz CT molecular complexity index is 731. The van der Waals surface area contributed by atoms with Gasteiger partial charge in [0.15, 0.2) is 0 Å². The largest absolute Gasteiger partial charge is 0.389 e. The third-order valence-electron chi connectivity index (χ3n) is 8.49. The lowest BCUT2D eigenvalue weighted by atomic mass is 9.45. The van der Waals surface area contributed by atoms with Crippen LogP contribution in [0.2, 0.25) is 0 Å². The monoisotopic (exact) mass is 386 g/mol. The second-order valence-electron chi connectivity index (χ2n) is 10.1. The third-order valence-corrected chi connectivity index (χ3v) is 8.49. The Hall–Kier alpha value is -1.62. The number of aliphatic hydroxyl groups excluding tert-OH is 1. The standard InChI is InChI=1S/C23H34N2O3/c1-13(26)24-19-12-15-11-16(28)7-9-22(15,3)18-8-10-23(4)17(21(18)19)5-6-20(23)25-14(2)27/h5-7,9,15-21,28H,8,10-12H2,1-4H3,(H,24,26)(H,25,27)/t15?,16-,17-,18-,19-,20-,21-,22-,23-/m0/s1. The van der Waals surface area contributed by atoms with Gasteiger partial charge in [0.25, 0.3) is 0 Å². The minimum Gasteiger partial charge on any atom is -0.389 e. The number of rotatable bonds is 2. The lowest BCUT2D eigenvalue weighted by molar-refractivity contribution is -0.127. The number of allylic oxidation sites excluding steroid dienone is 2. The fourth-order valence-corrected chi connectivity index (χ4v) is 7.10. The normalized spacial score (nSPS) is 49.0. The van der Waals surface area contributed by atoms with Gasteiger partial charge in [0.2, 0.25) is 11.8 Å². The molecule has 4 rings (SSSR count). The fraction of sp³-hybridized carbons (Fsp3) is 0.739. The Kier molecular flexibility index (Phi) is 4.72. The van der Waals surface area contributed by atoms with Crippen molar-refractivity contribution in [3.8, 4) is 0 Å². The summed E-state index contributed by atoms with van der Waals surface area (Å²) < 4.78 is 0. The quantitative estimate of drug-likeness (QED) is 0.638. The number of hydrogen-bond donors (Lipinski definition) is 3. The van der Waals surface area contributed by atoms with E-state index in [2.05, 4.69) is 42.7 Å². The molecule has 5 heteroatoms. The van der Waals surface area contributed by atoms with Crippen LogP contribution in [0, 0.1) is 34.5 Å². The highest BCUT2D eigenvalue weighted by Crippen LogP contribution is 2.63. The van der Waals surface area contributed by atoms with E-state index in [1.165, 1.54) is 0 Å². The minimum atomic E-state index is -0.378. The zero-order valence-electron chi connectivity index (χ0n) is 17.4. The summed E-state index contributed by atoms with van der Waals surface area (Å²) in [5, 5.41) is 16.6. The predicted octanol–water partition coefficient (Wildman–Crippen LogP) is 2.56. The first-order chi connectivity index (χ1) is 13.1. The molecule has 4 aliphatic carbocycles. The van der Waals surface area contributed by atoms with Gasteiger partial charge in [-0.1, -0.05) is 38.2 Å². The first-order valence-corrected chi connectivity index (χ1v) is 10.7. The number of hydrogen-bond acceptors (Lipinski definition) is 3. The Labute approximate surface area is 168 Å². The number of carbonyl (C=O) groups excluding carboxylic acids is 2. The van der Waals surface area contributed by atoms with E-state index in [0.717, 1.165) is 25.7 Å². The van der Waals surface area contributed by atoms with Crippen LogP contribution < -0.4 is 10.6 Å². The number of carbonyl (C=O) groups is 2. The molecule has 0 aromatic carbocycles. The molecule has 0 radical (unpaired) electrons. The summed E-state index contributed by atoms with van der Waals surface area (Å²) in [4.78, 5) is 23.8. The van der Waals surface area contributed by atoms with Crippen LogP contribution in [0.5, 0.6) is 0 Å². The van der Waals surface area contributed by atoms with Crippen molar-refractivity contribution in [3.05, 3.63) is 24.3 Å². The van der Waals surface area contributed by atoms with E-state index in [9.17, 15) is 14.7 Å². The Balaban J connectivity index is 1.71. The second kappa shape index (κ2) is 6.72. The van der Waals surface area contributed by atoms with Crippen LogP contribution in [0.4, 0.5) is 0 Å². The van der Waals surface area contributed by atoms with E-state index in [1.54, 1.807) is 13.8 Å². The van der Waals surface area contributed by atoms with Gasteiger partial charge in [-0.25, -0.2) is 0 Å². The van der Waals surface area contributed by atoms with Gasteiger partial charge in [0, 0.05) is 19.9 Å². The maximum absolute atomic E-state index is 12.0. The van der Waals surface area contributed by atoms with Crippen LogP contribution in [0.25, 0.3) is 0 Å². The minimum absolute atomic E-state index is 0.00928. The van der Waals surface area contributed by atoms with Gasteiger partial charge in [-0.2, -0.15) is 0 Å². The van der Waals surface area contributed by atoms with E-state index in [4.69, 9.17) is 0 Å². The zero-order chi connectivity index (χ0) is 20.3. The molecule has 0 bridgehead atoms. The van der Waals surface area contributed by atoms with E-state index < -0.39 is 0 Å². The van der Waals surface area contributed by atoms with Crippen molar-refractivity contribution in [1.29, 1.82) is 0 Å². The van der Waals surface area contributed by atoms with Gasteiger partial charge < -0.3 is 15.7 Å². The zero-order valence-corrected chi connectivity index (χ0v) is 17.4. The molecule has 0 saturated heterocycles. The van der Waals surface area contributed by atoms with Crippen molar-refractivity contribution >= 4 is 11.8 Å². The molecule has 0 aromatic heterocycles. The summed E-state index contributed by atoms with van der Waals surface area (Å²) >= 11 is 0. The first-order valence-electron chi connectivity index (χ1n) is 10.7.